The van der Waals surface area contributed by atoms with Gasteiger partial charge < -0.3 is 9.67 Å². The van der Waals surface area contributed by atoms with Gasteiger partial charge in [-0.3, -0.25) is 0 Å². The van der Waals surface area contributed by atoms with Crippen molar-refractivity contribution in [3.8, 4) is 0 Å². The summed E-state index contributed by atoms with van der Waals surface area (Å²) in [5.74, 6) is 0.813. The number of carboxylic acids is 1. The Kier molecular flexibility index (Phi) is 2.40. The Morgan fingerprint density at radius 2 is 2.33 bits per heavy atom. The molecule has 1 aromatic carbocycles. The number of rotatable bonds is 3. The van der Waals surface area contributed by atoms with Crippen molar-refractivity contribution < 1.29 is 9.90 Å². The summed E-state index contributed by atoms with van der Waals surface area (Å²) in [7, 11) is 0. The third-order valence-electron chi connectivity index (χ3n) is 3.85. The number of nitrogens with zero attached hydrogens (tertiary/aromatic N) is 2. The Hall–Kier alpha value is -1.84. The maximum absolute atomic E-state index is 11.0. The smallest absolute Gasteiger partial charge is 0.335 e. The molecule has 2 atom stereocenters. The van der Waals surface area contributed by atoms with Crippen LogP contribution in [0.15, 0.2) is 18.2 Å². The van der Waals surface area contributed by atoms with Gasteiger partial charge >= 0.3 is 5.97 Å². The first kappa shape index (κ1) is 11.3. The first-order chi connectivity index (χ1) is 8.61. The second-order valence-corrected chi connectivity index (χ2v) is 5.01. The zero-order valence-electron chi connectivity index (χ0n) is 10.6. The molecule has 1 N–H and O–H groups in total. The maximum Gasteiger partial charge on any atom is 0.335 e. The number of hydrogen-bond acceptors (Lipinski definition) is 2. The van der Waals surface area contributed by atoms with Crippen molar-refractivity contribution in [2.45, 2.75) is 32.7 Å². The lowest BCUT2D eigenvalue weighted by Crippen LogP contribution is -2.00. The molecule has 0 aliphatic heterocycles. The van der Waals surface area contributed by atoms with Crippen LogP contribution in [0.4, 0.5) is 0 Å². The van der Waals surface area contributed by atoms with Crippen molar-refractivity contribution in [2.75, 3.05) is 0 Å². The molecule has 0 bridgehead atoms. The molecule has 3 rings (SSSR count). The van der Waals surface area contributed by atoms with E-state index in [0.717, 1.165) is 22.8 Å². The van der Waals surface area contributed by atoms with E-state index in [-0.39, 0.29) is 0 Å². The number of aromatic nitrogens is 2. The molecule has 1 aromatic heterocycles. The van der Waals surface area contributed by atoms with E-state index in [1.54, 1.807) is 18.2 Å². The third-order valence-corrected chi connectivity index (χ3v) is 3.85. The summed E-state index contributed by atoms with van der Waals surface area (Å²) in [5, 5.41) is 9.06. The van der Waals surface area contributed by atoms with Crippen LogP contribution in [0.5, 0.6) is 0 Å². The van der Waals surface area contributed by atoms with Gasteiger partial charge in [-0.25, -0.2) is 9.78 Å². The van der Waals surface area contributed by atoms with E-state index in [0.29, 0.717) is 11.6 Å². The van der Waals surface area contributed by atoms with Crippen LogP contribution in [0.2, 0.25) is 0 Å². The predicted octanol–water partition coefficient (Wildman–Crippen LogP) is 3.01. The molecule has 1 fully saturated rings. The highest BCUT2D eigenvalue weighted by Crippen LogP contribution is 2.47. The summed E-state index contributed by atoms with van der Waals surface area (Å²) in [4.78, 5) is 15.6. The first-order valence-electron chi connectivity index (χ1n) is 6.33. The summed E-state index contributed by atoms with van der Waals surface area (Å²) < 4.78 is 2.20. The number of hydrogen-bond donors (Lipinski definition) is 1. The van der Waals surface area contributed by atoms with Gasteiger partial charge in [-0.15, -0.1) is 0 Å². The zero-order valence-corrected chi connectivity index (χ0v) is 10.6. The average molecular weight is 244 g/mol. The Labute approximate surface area is 105 Å². The lowest BCUT2D eigenvalue weighted by molar-refractivity contribution is 0.0697. The standard InChI is InChI=1S/C14H16N2O2/c1-3-9-6-12(9)16-8(2)15-11-5-4-10(14(17)18)7-13(11)16/h4-5,7,9,12H,3,6H2,1-2H3,(H,17,18). The summed E-state index contributed by atoms with van der Waals surface area (Å²) in [5.41, 5.74) is 2.17. The van der Waals surface area contributed by atoms with Gasteiger partial charge in [0.05, 0.1) is 16.6 Å². The van der Waals surface area contributed by atoms with Gasteiger partial charge in [-0.2, -0.15) is 0 Å². The van der Waals surface area contributed by atoms with Crippen molar-refractivity contribution in [3.05, 3.63) is 29.6 Å². The van der Waals surface area contributed by atoms with Crippen molar-refractivity contribution in [2.24, 2.45) is 5.92 Å². The highest BCUT2D eigenvalue weighted by atomic mass is 16.4. The van der Waals surface area contributed by atoms with Crippen LogP contribution in [-0.2, 0) is 0 Å². The van der Waals surface area contributed by atoms with Gasteiger partial charge in [0.15, 0.2) is 0 Å². The molecule has 1 saturated carbocycles. The van der Waals surface area contributed by atoms with E-state index in [9.17, 15) is 4.79 Å². The minimum Gasteiger partial charge on any atom is -0.478 e. The Balaban J connectivity index is 2.14. The summed E-state index contributed by atoms with van der Waals surface area (Å²) >= 11 is 0. The van der Waals surface area contributed by atoms with Crippen molar-refractivity contribution in [1.29, 1.82) is 0 Å². The monoisotopic (exact) mass is 244 g/mol. The number of carbonyl (C=O) groups is 1. The summed E-state index contributed by atoms with van der Waals surface area (Å²) in [6.07, 6.45) is 2.35. The second kappa shape index (κ2) is 3.83. The van der Waals surface area contributed by atoms with Crippen LogP contribution in [0.3, 0.4) is 0 Å². The fourth-order valence-corrected chi connectivity index (χ4v) is 2.75. The number of benzene rings is 1. The molecule has 4 heteroatoms. The fourth-order valence-electron chi connectivity index (χ4n) is 2.75. The molecule has 1 aliphatic carbocycles. The highest BCUT2D eigenvalue weighted by molar-refractivity contribution is 5.92. The Morgan fingerprint density at radius 1 is 1.56 bits per heavy atom. The zero-order chi connectivity index (χ0) is 12.9. The molecule has 18 heavy (non-hydrogen) atoms. The molecule has 2 unspecified atom stereocenters. The normalized spacial score (nSPS) is 22.3. The molecular weight excluding hydrogens is 228 g/mol. The van der Waals surface area contributed by atoms with Crippen LogP contribution in [0.25, 0.3) is 11.0 Å². The van der Waals surface area contributed by atoms with E-state index in [1.807, 2.05) is 6.92 Å². The summed E-state index contributed by atoms with van der Waals surface area (Å²) in [6, 6.07) is 5.66. The Bertz CT molecular complexity index is 630. The maximum atomic E-state index is 11.0. The van der Waals surface area contributed by atoms with E-state index in [1.165, 1.54) is 12.8 Å². The van der Waals surface area contributed by atoms with Gasteiger partial charge in [-0.05, 0) is 37.5 Å². The lowest BCUT2D eigenvalue weighted by Gasteiger charge is -2.06. The lowest BCUT2D eigenvalue weighted by atomic mass is 10.2. The number of imidazole rings is 1. The van der Waals surface area contributed by atoms with Crippen LogP contribution < -0.4 is 0 Å². The summed E-state index contributed by atoms with van der Waals surface area (Å²) in [6.45, 7) is 4.19. The molecule has 1 heterocycles. The molecule has 0 amide bonds. The number of aromatic carboxylic acids is 1. The van der Waals surface area contributed by atoms with E-state index >= 15 is 0 Å². The third kappa shape index (κ3) is 1.60. The second-order valence-electron chi connectivity index (χ2n) is 5.01. The highest BCUT2D eigenvalue weighted by Gasteiger charge is 2.38. The van der Waals surface area contributed by atoms with E-state index in [2.05, 4.69) is 16.5 Å². The minimum absolute atomic E-state index is 0.331. The number of carboxylic acid groups (broad SMARTS) is 1. The number of fused-ring (bicyclic) bond motifs is 1. The largest absolute Gasteiger partial charge is 0.478 e. The molecule has 4 nitrogen and oxygen atoms in total. The molecule has 1 aliphatic rings. The van der Waals surface area contributed by atoms with Crippen LogP contribution in [-0.4, -0.2) is 20.6 Å². The number of aryl methyl sites for hydroxylation is 1. The van der Waals surface area contributed by atoms with Gasteiger partial charge in [0.25, 0.3) is 0 Å². The first-order valence-corrected chi connectivity index (χ1v) is 6.33. The quantitative estimate of drug-likeness (QED) is 0.902. The molecular formula is C14H16N2O2. The fraction of sp³-hybridized carbons (Fsp3) is 0.429. The van der Waals surface area contributed by atoms with Gasteiger partial charge in [-0.1, -0.05) is 13.3 Å². The molecule has 94 valence electrons. The van der Waals surface area contributed by atoms with Crippen LogP contribution in [0.1, 0.15) is 42.0 Å². The van der Waals surface area contributed by atoms with Crippen LogP contribution in [0, 0.1) is 12.8 Å². The van der Waals surface area contributed by atoms with E-state index < -0.39 is 5.97 Å². The minimum atomic E-state index is -0.884. The molecule has 0 saturated heterocycles. The van der Waals surface area contributed by atoms with Gasteiger partial charge in [0, 0.05) is 6.04 Å². The topological polar surface area (TPSA) is 55.1 Å². The van der Waals surface area contributed by atoms with Crippen molar-refractivity contribution >= 4 is 17.0 Å². The van der Waals surface area contributed by atoms with Gasteiger partial charge in [0.2, 0.25) is 0 Å². The molecule has 2 aromatic rings. The van der Waals surface area contributed by atoms with Crippen molar-refractivity contribution in [3.63, 3.8) is 0 Å². The average Bonchev–Trinajstić information content (AvgIpc) is 3.03. The SMILES string of the molecule is CCC1CC1n1c(C)nc2ccc(C(=O)O)cc21. The van der Waals surface area contributed by atoms with Crippen LogP contribution >= 0.6 is 0 Å². The predicted molar refractivity (Wildman–Crippen MR) is 68.9 cm³/mol. The Morgan fingerprint density at radius 3 is 2.94 bits per heavy atom. The molecule has 0 spiro atoms. The van der Waals surface area contributed by atoms with Gasteiger partial charge in [0.1, 0.15) is 5.82 Å². The van der Waals surface area contributed by atoms with Crippen molar-refractivity contribution in [1.82, 2.24) is 9.55 Å². The van der Waals surface area contributed by atoms with E-state index in [4.69, 9.17) is 5.11 Å². The molecule has 0 radical (unpaired) electrons.